The molecule has 2 atom stereocenters. The standard InChI is InChI=1S/C14H17NO/c1-16-11-6-4-10-5-7-14-12(13(10)9-11)3-2-8-15-14/h2,4,6,8-9,12,14-15H,3,5,7H2,1H3/t12-,14-/m0/s1. The summed E-state index contributed by atoms with van der Waals surface area (Å²) < 4.78 is 5.32. The molecule has 3 rings (SSSR count). The molecular weight excluding hydrogens is 198 g/mol. The second-order valence-corrected chi connectivity index (χ2v) is 4.62. The van der Waals surface area contributed by atoms with E-state index in [1.54, 1.807) is 7.11 Å². The minimum absolute atomic E-state index is 0.615. The number of aryl methyl sites for hydroxylation is 1. The van der Waals surface area contributed by atoms with Crippen molar-refractivity contribution in [1.29, 1.82) is 0 Å². The molecule has 0 aromatic heterocycles. The summed E-state index contributed by atoms with van der Waals surface area (Å²) in [5.74, 6) is 1.61. The number of benzene rings is 1. The van der Waals surface area contributed by atoms with E-state index in [1.165, 1.54) is 24.0 Å². The summed E-state index contributed by atoms with van der Waals surface area (Å²) in [7, 11) is 1.74. The van der Waals surface area contributed by atoms with E-state index in [4.69, 9.17) is 4.74 Å². The molecule has 1 N–H and O–H groups in total. The summed E-state index contributed by atoms with van der Waals surface area (Å²) in [5.41, 5.74) is 2.98. The molecule has 2 aliphatic rings. The van der Waals surface area contributed by atoms with Crippen LogP contribution in [-0.2, 0) is 6.42 Å². The van der Waals surface area contributed by atoms with Gasteiger partial charge in [0.15, 0.2) is 0 Å². The lowest BCUT2D eigenvalue weighted by Gasteiger charge is -2.36. The molecule has 0 spiro atoms. The topological polar surface area (TPSA) is 21.3 Å². The second kappa shape index (κ2) is 3.85. The van der Waals surface area contributed by atoms with Crippen molar-refractivity contribution in [2.24, 2.45) is 0 Å². The Balaban J connectivity index is 2.02. The molecule has 1 aromatic rings. The Labute approximate surface area is 96.3 Å². The number of hydrogen-bond acceptors (Lipinski definition) is 2. The molecule has 0 saturated heterocycles. The van der Waals surface area contributed by atoms with Gasteiger partial charge in [0.25, 0.3) is 0 Å². The number of allylic oxidation sites excluding steroid dienone is 1. The van der Waals surface area contributed by atoms with Gasteiger partial charge in [-0.05, 0) is 48.7 Å². The zero-order valence-corrected chi connectivity index (χ0v) is 9.57. The first-order valence-corrected chi connectivity index (χ1v) is 5.96. The number of ether oxygens (including phenoxy) is 1. The molecule has 84 valence electrons. The van der Waals surface area contributed by atoms with E-state index in [9.17, 15) is 0 Å². The van der Waals surface area contributed by atoms with E-state index >= 15 is 0 Å². The van der Waals surface area contributed by atoms with E-state index in [0.29, 0.717) is 12.0 Å². The highest BCUT2D eigenvalue weighted by molar-refractivity contribution is 5.41. The van der Waals surface area contributed by atoms with E-state index in [1.807, 2.05) is 0 Å². The smallest absolute Gasteiger partial charge is 0.119 e. The van der Waals surface area contributed by atoms with Crippen LogP contribution in [0.2, 0.25) is 0 Å². The van der Waals surface area contributed by atoms with E-state index in [0.717, 1.165) is 12.2 Å². The zero-order valence-electron chi connectivity index (χ0n) is 9.57. The van der Waals surface area contributed by atoms with Crippen molar-refractivity contribution in [2.45, 2.75) is 31.2 Å². The molecule has 1 aromatic carbocycles. The van der Waals surface area contributed by atoms with Crippen molar-refractivity contribution < 1.29 is 4.74 Å². The highest BCUT2D eigenvalue weighted by Gasteiger charge is 2.29. The molecule has 1 heterocycles. The first-order chi connectivity index (χ1) is 7.88. The van der Waals surface area contributed by atoms with Gasteiger partial charge in [0.05, 0.1) is 7.11 Å². The van der Waals surface area contributed by atoms with E-state index in [2.05, 4.69) is 35.8 Å². The molecule has 1 aliphatic carbocycles. The summed E-state index contributed by atoms with van der Waals surface area (Å²) in [5, 5.41) is 3.48. The molecule has 0 saturated carbocycles. The Kier molecular flexibility index (Phi) is 2.35. The normalized spacial score (nSPS) is 26.6. The van der Waals surface area contributed by atoms with Crippen LogP contribution in [0.15, 0.2) is 30.5 Å². The molecule has 0 bridgehead atoms. The Morgan fingerprint density at radius 2 is 2.31 bits per heavy atom. The number of fused-ring (bicyclic) bond motifs is 3. The monoisotopic (exact) mass is 215 g/mol. The number of rotatable bonds is 1. The zero-order chi connectivity index (χ0) is 11.0. The maximum Gasteiger partial charge on any atom is 0.119 e. The lowest BCUT2D eigenvalue weighted by atomic mass is 9.76. The van der Waals surface area contributed by atoms with Crippen molar-refractivity contribution in [1.82, 2.24) is 5.32 Å². The summed E-state index contributed by atoms with van der Waals surface area (Å²) in [4.78, 5) is 0. The van der Waals surface area contributed by atoms with E-state index in [-0.39, 0.29) is 0 Å². The average molecular weight is 215 g/mol. The molecule has 0 radical (unpaired) electrons. The number of methoxy groups -OCH3 is 1. The van der Waals surface area contributed by atoms with Gasteiger partial charge in [-0.1, -0.05) is 12.1 Å². The molecule has 2 nitrogen and oxygen atoms in total. The Hall–Kier alpha value is -1.44. The first kappa shape index (κ1) is 9.76. The van der Waals surface area contributed by atoms with E-state index < -0.39 is 0 Å². The van der Waals surface area contributed by atoms with Gasteiger partial charge in [-0.25, -0.2) is 0 Å². The largest absolute Gasteiger partial charge is 0.497 e. The van der Waals surface area contributed by atoms with Crippen LogP contribution in [0.4, 0.5) is 0 Å². The van der Waals surface area contributed by atoms with Crippen LogP contribution < -0.4 is 10.1 Å². The third-order valence-corrected chi connectivity index (χ3v) is 3.78. The number of nitrogens with one attached hydrogen (secondary N) is 1. The van der Waals surface area contributed by atoms with Crippen LogP contribution in [0.1, 0.15) is 29.9 Å². The highest BCUT2D eigenvalue weighted by Crippen LogP contribution is 2.37. The molecule has 0 fully saturated rings. The van der Waals surface area contributed by atoms with Crippen LogP contribution in [0.5, 0.6) is 5.75 Å². The predicted molar refractivity (Wildman–Crippen MR) is 64.7 cm³/mol. The quantitative estimate of drug-likeness (QED) is 0.777. The fourth-order valence-electron chi connectivity index (χ4n) is 2.90. The van der Waals surface area contributed by atoms with Crippen LogP contribution in [0.25, 0.3) is 0 Å². The number of hydrogen-bond donors (Lipinski definition) is 1. The molecular formula is C14H17NO. The second-order valence-electron chi connectivity index (χ2n) is 4.62. The fraction of sp³-hybridized carbons (Fsp3) is 0.429. The van der Waals surface area contributed by atoms with Crippen molar-refractivity contribution >= 4 is 0 Å². The van der Waals surface area contributed by atoms with Gasteiger partial charge in [0.2, 0.25) is 0 Å². The van der Waals surface area contributed by atoms with Gasteiger partial charge in [-0.3, -0.25) is 0 Å². The summed E-state index contributed by atoms with van der Waals surface area (Å²) in [6, 6.07) is 7.13. The minimum atomic E-state index is 0.615. The summed E-state index contributed by atoms with van der Waals surface area (Å²) in [6.45, 7) is 0. The van der Waals surface area contributed by atoms with Crippen molar-refractivity contribution in [2.75, 3.05) is 7.11 Å². The molecule has 16 heavy (non-hydrogen) atoms. The van der Waals surface area contributed by atoms with Crippen molar-refractivity contribution in [3.05, 3.63) is 41.6 Å². The van der Waals surface area contributed by atoms with Gasteiger partial charge < -0.3 is 10.1 Å². The van der Waals surface area contributed by atoms with Gasteiger partial charge in [-0.15, -0.1) is 0 Å². The first-order valence-electron chi connectivity index (χ1n) is 5.96. The van der Waals surface area contributed by atoms with Gasteiger partial charge in [0.1, 0.15) is 5.75 Å². The third-order valence-electron chi connectivity index (χ3n) is 3.78. The molecule has 0 amide bonds. The SMILES string of the molecule is COc1ccc2c(c1)[C@@H]1CC=CN[C@H]1CC2. The molecule has 0 unspecified atom stereocenters. The van der Waals surface area contributed by atoms with Crippen molar-refractivity contribution in [3.63, 3.8) is 0 Å². The van der Waals surface area contributed by atoms with Crippen LogP contribution in [-0.4, -0.2) is 13.2 Å². The minimum Gasteiger partial charge on any atom is -0.497 e. The Morgan fingerprint density at radius 3 is 3.19 bits per heavy atom. The predicted octanol–water partition coefficient (Wildman–Crippen LogP) is 2.60. The summed E-state index contributed by atoms with van der Waals surface area (Å²) in [6.07, 6.45) is 7.91. The summed E-state index contributed by atoms with van der Waals surface area (Å²) >= 11 is 0. The Morgan fingerprint density at radius 1 is 1.38 bits per heavy atom. The maximum atomic E-state index is 5.32. The van der Waals surface area contributed by atoms with Gasteiger partial charge >= 0.3 is 0 Å². The molecule has 2 heteroatoms. The average Bonchev–Trinajstić information content (AvgIpc) is 2.38. The highest BCUT2D eigenvalue weighted by atomic mass is 16.5. The fourth-order valence-corrected chi connectivity index (χ4v) is 2.90. The molecule has 1 aliphatic heterocycles. The van der Waals surface area contributed by atoms with Gasteiger partial charge in [0, 0.05) is 12.0 Å². The van der Waals surface area contributed by atoms with Crippen LogP contribution in [0, 0.1) is 0 Å². The van der Waals surface area contributed by atoms with Gasteiger partial charge in [-0.2, -0.15) is 0 Å². The van der Waals surface area contributed by atoms with Crippen molar-refractivity contribution in [3.8, 4) is 5.75 Å². The maximum absolute atomic E-state index is 5.32. The lowest BCUT2D eigenvalue weighted by Crippen LogP contribution is -2.37. The Bertz CT molecular complexity index is 425. The lowest BCUT2D eigenvalue weighted by molar-refractivity contribution is 0.396. The van der Waals surface area contributed by atoms with Crippen LogP contribution in [0.3, 0.4) is 0 Å². The van der Waals surface area contributed by atoms with Crippen LogP contribution >= 0.6 is 0 Å². The third kappa shape index (κ3) is 1.49.